The Kier molecular flexibility index (Phi) is 6.90. The number of alkyl halides is 5. The van der Waals surface area contributed by atoms with Gasteiger partial charge in [0.15, 0.2) is 5.82 Å². The molecular weight excluding hydrogens is 473 g/mol. The summed E-state index contributed by atoms with van der Waals surface area (Å²) >= 11 is 0. The topological polar surface area (TPSA) is 89.9 Å². The highest BCUT2D eigenvalue weighted by molar-refractivity contribution is 5.95. The van der Waals surface area contributed by atoms with E-state index in [4.69, 9.17) is 4.74 Å². The third-order valence-corrected chi connectivity index (χ3v) is 5.29. The average molecular weight is 493 g/mol. The monoisotopic (exact) mass is 493 g/mol. The lowest BCUT2D eigenvalue weighted by molar-refractivity contribution is -0.137. The lowest BCUT2D eigenvalue weighted by atomic mass is 10.1. The number of aromatic nitrogens is 4. The van der Waals surface area contributed by atoms with Crippen molar-refractivity contribution in [2.75, 3.05) is 6.61 Å². The number of carbonyl (C=O) groups excluding carboxylic acids is 1. The third kappa shape index (κ3) is 6.06. The number of hydrogen-bond donors (Lipinski definition) is 1. The van der Waals surface area contributed by atoms with Crippen molar-refractivity contribution in [1.29, 1.82) is 0 Å². The van der Waals surface area contributed by atoms with E-state index in [1.54, 1.807) is 19.3 Å². The van der Waals surface area contributed by atoms with Crippen LogP contribution in [0.15, 0.2) is 43.0 Å². The van der Waals surface area contributed by atoms with Crippen molar-refractivity contribution in [3.63, 3.8) is 0 Å². The molecule has 0 aliphatic heterocycles. The van der Waals surface area contributed by atoms with E-state index in [0.29, 0.717) is 35.3 Å². The van der Waals surface area contributed by atoms with E-state index in [0.717, 1.165) is 24.5 Å². The summed E-state index contributed by atoms with van der Waals surface area (Å²) in [6.45, 7) is 0.465. The zero-order valence-electron chi connectivity index (χ0n) is 18.4. The van der Waals surface area contributed by atoms with E-state index < -0.39 is 48.0 Å². The number of amides is 1. The fourth-order valence-corrected chi connectivity index (χ4v) is 3.41. The van der Waals surface area contributed by atoms with Crippen LogP contribution in [0, 0.1) is 0 Å². The Labute approximate surface area is 196 Å². The molecule has 184 valence electrons. The highest BCUT2D eigenvalue weighted by atomic mass is 19.4. The molecule has 1 aromatic carbocycles. The van der Waals surface area contributed by atoms with Gasteiger partial charge in [0.2, 0.25) is 0 Å². The number of ether oxygens (including phenoxy) is 1. The van der Waals surface area contributed by atoms with E-state index in [1.807, 2.05) is 0 Å². The minimum absolute atomic E-state index is 0.292. The van der Waals surface area contributed by atoms with Crippen molar-refractivity contribution in [1.82, 2.24) is 25.3 Å². The molecule has 1 amide bonds. The number of nitrogens with one attached hydrogen (secondary N) is 1. The van der Waals surface area contributed by atoms with Gasteiger partial charge in [0.05, 0.1) is 17.3 Å². The summed E-state index contributed by atoms with van der Waals surface area (Å²) in [5.41, 5.74) is 0.0293. The van der Waals surface area contributed by atoms with Crippen LogP contribution < -0.4 is 10.1 Å². The van der Waals surface area contributed by atoms with Crippen LogP contribution in [0.1, 0.15) is 58.9 Å². The predicted molar refractivity (Wildman–Crippen MR) is 114 cm³/mol. The number of hydrogen-bond acceptors (Lipinski definition) is 6. The minimum atomic E-state index is -4.81. The number of halogens is 5. The molecule has 7 nitrogen and oxygen atoms in total. The third-order valence-electron chi connectivity index (χ3n) is 5.29. The van der Waals surface area contributed by atoms with Gasteiger partial charge in [0, 0.05) is 30.4 Å². The number of carbonyl (C=O) groups is 1. The molecule has 0 spiro atoms. The summed E-state index contributed by atoms with van der Waals surface area (Å²) in [5, 5.41) is 2.56. The standard InChI is InChI=1S/C23H20F5N5O2/c1-12(19-20(30-5-4-29-19)21-31-9-15(10-32-21)13-2-3-13)33-22(34)14-6-16(23(26,27)28)8-17(7-14)35-11-18(24)25/h4-10,12-13,18H,2-3,11H2,1H3,(H,33,34). The van der Waals surface area contributed by atoms with E-state index in [9.17, 15) is 26.7 Å². The van der Waals surface area contributed by atoms with Crippen LogP contribution in [0.5, 0.6) is 5.75 Å². The molecule has 0 bridgehead atoms. The van der Waals surface area contributed by atoms with Gasteiger partial charge in [0.25, 0.3) is 12.3 Å². The predicted octanol–water partition coefficient (Wildman–Crippen LogP) is 4.96. The van der Waals surface area contributed by atoms with Gasteiger partial charge in [-0.1, -0.05) is 0 Å². The first-order valence-corrected chi connectivity index (χ1v) is 10.7. The molecule has 1 aliphatic rings. The lowest BCUT2D eigenvalue weighted by Gasteiger charge is -2.17. The normalized spacial score (nSPS) is 14.6. The Morgan fingerprint density at radius 2 is 1.77 bits per heavy atom. The molecule has 0 radical (unpaired) electrons. The molecule has 12 heteroatoms. The van der Waals surface area contributed by atoms with Gasteiger partial charge in [-0.05, 0) is 49.4 Å². The van der Waals surface area contributed by atoms with Gasteiger partial charge in [-0.25, -0.2) is 23.7 Å². The molecule has 1 saturated carbocycles. The van der Waals surface area contributed by atoms with Crippen molar-refractivity contribution in [3.05, 3.63) is 65.4 Å². The van der Waals surface area contributed by atoms with Crippen LogP contribution in [0.4, 0.5) is 22.0 Å². The van der Waals surface area contributed by atoms with Crippen molar-refractivity contribution in [2.24, 2.45) is 0 Å². The molecule has 4 rings (SSSR count). The summed E-state index contributed by atoms with van der Waals surface area (Å²) in [7, 11) is 0. The maximum Gasteiger partial charge on any atom is 0.416 e. The molecule has 35 heavy (non-hydrogen) atoms. The van der Waals surface area contributed by atoms with Crippen LogP contribution in [0.25, 0.3) is 11.5 Å². The number of nitrogens with zero attached hydrogens (tertiary/aromatic N) is 4. The first-order valence-electron chi connectivity index (χ1n) is 10.7. The van der Waals surface area contributed by atoms with Crippen molar-refractivity contribution in [3.8, 4) is 17.3 Å². The van der Waals surface area contributed by atoms with Crippen LogP contribution in [-0.4, -0.2) is 38.9 Å². The van der Waals surface area contributed by atoms with Gasteiger partial charge in [-0.15, -0.1) is 0 Å². The summed E-state index contributed by atoms with van der Waals surface area (Å²) < 4.78 is 69.5. The first-order chi connectivity index (χ1) is 16.6. The second-order valence-corrected chi connectivity index (χ2v) is 8.05. The SMILES string of the molecule is CC(NC(=O)c1cc(OCC(F)F)cc(C(F)(F)F)c1)c1nccnc1-c1ncc(C2CC2)cn1. The largest absolute Gasteiger partial charge is 0.488 e. The number of rotatable bonds is 8. The summed E-state index contributed by atoms with van der Waals surface area (Å²) in [6, 6.07) is 1.36. The second-order valence-electron chi connectivity index (χ2n) is 8.05. The summed E-state index contributed by atoms with van der Waals surface area (Å²) in [6.07, 6.45) is 0.742. The Morgan fingerprint density at radius 1 is 1.09 bits per heavy atom. The zero-order chi connectivity index (χ0) is 25.2. The van der Waals surface area contributed by atoms with Gasteiger partial charge in [0.1, 0.15) is 18.1 Å². The zero-order valence-corrected chi connectivity index (χ0v) is 18.4. The molecule has 1 unspecified atom stereocenters. The van der Waals surface area contributed by atoms with Crippen molar-refractivity contribution >= 4 is 5.91 Å². The summed E-state index contributed by atoms with van der Waals surface area (Å²) in [4.78, 5) is 30.0. The van der Waals surface area contributed by atoms with E-state index >= 15 is 0 Å². The highest BCUT2D eigenvalue weighted by Gasteiger charge is 2.32. The maximum absolute atomic E-state index is 13.3. The van der Waals surface area contributed by atoms with Crippen LogP contribution in [0.2, 0.25) is 0 Å². The molecule has 2 heterocycles. The van der Waals surface area contributed by atoms with Crippen LogP contribution in [-0.2, 0) is 6.18 Å². The van der Waals surface area contributed by atoms with E-state index in [-0.39, 0.29) is 0 Å². The Morgan fingerprint density at radius 3 is 2.40 bits per heavy atom. The Hall–Kier alpha value is -3.70. The Balaban J connectivity index is 1.57. The molecule has 1 N–H and O–H groups in total. The molecular formula is C23H20F5N5O2. The minimum Gasteiger partial charge on any atom is -0.488 e. The molecule has 3 aromatic rings. The molecule has 2 aromatic heterocycles. The van der Waals surface area contributed by atoms with Gasteiger partial charge in [-0.3, -0.25) is 9.78 Å². The van der Waals surface area contributed by atoms with Crippen molar-refractivity contribution < 1.29 is 31.5 Å². The smallest absolute Gasteiger partial charge is 0.416 e. The first kappa shape index (κ1) is 24.4. The van der Waals surface area contributed by atoms with Crippen molar-refractivity contribution in [2.45, 2.75) is 44.3 Å². The average Bonchev–Trinajstić information content (AvgIpc) is 3.68. The molecule has 1 atom stereocenters. The molecule has 1 fully saturated rings. The van der Waals surface area contributed by atoms with E-state index in [1.165, 1.54) is 12.4 Å². The van der Waals surface area contributed by atoms with Crippen LogP contribution >= 0.6 is 0 Å². The molecule has 0 saturated heterocycles. The fraction of sp³-hybridized carbons (Fsp3) is 0.348. The van der Waals surface area contributed by atoms with Crippen LogP contribution in [0.3, 0.4) is 0 Å². The van der Waals surface area contributed by atoms with E-state index in [2.05, 4.69) is 25.3 Å². The maximum atomic E-state index is 13.3. The fourth-order valence-electron chi connectivity index (χ4n) is 3.41. The summed E-state index contributed by atoms with van der Waals surface area (Å²) in [5.74, 6) is -0.625. The molecule has 1 aliphatic carbocycles. The number of benzene rings is 1. The lowest BCUT2D eigenvalue weighted by Crippen LogP contribution is -2.28. The van der Waals surface area contributed by atoms with Gasteiger partial charge >= 0.3 is 6.18 Å². The Bertz CT molecular complexity index is 1200. The van der Waals surface area contributed by atoms with Gasteiger partial charge < -0.3 is 10.1 Å². The quantitative estimate of drug-likeness (QED) is 0.446. The van der Waals surface area contributed by atoms with Gasteiger partial charge in [-0.2, -0.15) is 13.2 Å². The second kappa shape index (κ2) is 9.88. The highest BCUT2D eigenvalue weighted by Crippen LogP contribution is 2.39.